The molecule has 1 heterocycles. The molecule has 4 aromatic rings. The highest BCUT2D eigenvalue weighted by Crippen LogP contribution is 2.37. The molecule has 0 aliphatic rings. The van der Waals surface area contributed by atoms with Crippen LogP contribution in [0.15, 0.2) is 84.2 Å². The van der Waals surface area contributed by atoms with Gasteiger partial charge in [0, 0.05) is 16.4 Å². The second kappa shape index (κ2) is 12.0. The molecule has 0 spiro atoms. The van der Waals surface area contributed by atoms with E-state index in [4.69, 9.17) is 14.2 Å². The molecule has 4 rings (SSSR count). The van der Waals surface area contributed by atoms with Crippen LogP contribution in [0.25, 0.3) is 11.1 Å². The Kier molecular flexibility index (Phi) is 8.48. The van der Waals surface area contributed by atoms with E-state index in [-0.39, 0.29) is 24.5 Å². The Morgan fingerprint density at radius 3 is 2.13 bits per heavy atom. The Balaban J connectivity index is 1.44. The van der Waals surface area contributed by atoms with Crippen LogP contribution in [0.5, 0.6) is 11.5 Å². The maximum absolute atomic E-state index is 12.8. The zero-order valence-electron chi connectivity index (χ0n) is 21.9. The van der Waals surface area contributed by atoms with Crippen molar-refractivity contribution in [3.63, 3.8) is 0 Å². The summed E-state index contributed by atoms with van der Waals surface area (Å²) in [6.45, 7) is 6.13. The van der Waals surface area contributed by atoms with Gasteiger partial charge in [0.1, 0.15) is 22.1 Å². The summed E-state index contributed by atoms with van der Waals surface area (Å²) in [6.07, 6.45) is 0. The number of nitrogens with one attached hydrogen (secondary N) is 1. The summed E-state index contributed by atoms with van der Waals surface area (Å²) >= 11 is 1.27. The third-order valence-electron chi connectivity index (χ3n) is 6.37. The van der Waals surface area contributed by atoms with E-state index in [0.29, 0.717) is 27.6 Å². The number of amides is 1. The molecule has 0 atom stereocenters. The number of thiophene rings is 1. The van der Waals surface area contributed by atoms with Gasteiger partial charge in [0.25, 0.3) is 5.91 Å². The Morgan fingerprint density at radius 2 is 1.50 bits per heavy atom. The summed E-state index contributed by atoms with van der Waals surface area (Å²) in [5.74, 6) is 0.437. The summed E-state index contributed by atoms with van der Waals surface area (Å²) in [5, 5.41) is 5.07. The molecule has 3 aromatic carbocycles. The van der Waals surface area contributed by atoms with Crippen LogP contribution in [0, 0.1) is 0 Å². The van der Waals surface area contributed by atoms with Crippen molar-refractivity contribution in [1.82, 2.24) is 0 Å². The molecule has 0 aliphatic heterocycles. The third kappa shape index (κ3) is 6.06. The molecule has 0 bridgehead atoms. The maximum Gasteiger partial charge on any atom is 0.341 e. The van der Waals surface area contributed by atoms with E-state index in [9.17, 15) is 9.59 Å². The van der Waals surface area contributed by atoms with E-state index in [1.807, 2.05) is 72.1 Å². The van der Waals surface area contributed by atoms with Crippen molar-refractivity contribution in [2.24, 2.45) is 0 Å². The van der Waals surface area contributed by atoms with Crippen LogP contribution in [0.2, 0.25) is 0 Å². The van der Waals surface area contributed by atoms with Gasteiger partial charge in [0.15, 0.2) is 6.61 Å². The van der Waals surface area contributed by atoms with Gasteiger partial charge in [0.2, 0.25) is 0 Å². The summed E-state index contributed by atoms with van der Waals surface area (Å²) in [4.78, 5) is 25.6. The van der Waals surface area contributed by atoms with Crippen LogP contribution in [-0.4, -0.2) is 32.2 Å². The standard InChI is InChI=1S/C31H31NO5S/c1-5-36-30(34)28-26(21-11-15-24(35-4)16-12-21)20-38-29(28)32-27(33)19-37-25-17-13-23(14-18-25)31(2,3)22-9-7-6-8-10-22/h6-18,20H,5,19H2,1-4H3,(H,32,33). The third-order valence-corrected chi connectivity index (χ3v) is 7.26. The van der Waals surface area contributed by atoms with E-state index in [0.717, 1.165) is 11.1 Å². The number of rotatable bonds is 10. The van der Waals surface area contributed by atoms with Crippen molar-refractivity contribution in [3.05, 3.63) is 101 Å². The van der Waals surface area contributed by atoms with E-state index in [1.165, 1.54) is 16.9 Å². The number of hydrogen-bond acceptors (Lipinski definition) is 6. The zero-order chi connectivity index (χ0) is 27.1. The van der Waals surface area contributed by atoms with Crippen molar-refractivity contribution in [2.45, 2.75) is 26.2 Å². The average Bonchev–Trinajstić information content (AvgIpc) is 3.36. The second-order valence-electron chi connectivity index (χ2n) is 9.15. The van der Waals surface area contributed by atoms with Gasteiger partial charge >= 0.3 is 5.97 Å². The van der Waals surface area contributed by atoms with Gasteiger partial charge in [-0.05, 0) is 47.9 Å². The van der Waals surface area contributed by atoms with Crippen LogP contribution < -0.4 is 14.8 Å². The Bertz CT molecular complexity index is 1380. The molecule has 38 heavy (non-hydrogen) atoms. The highest BCUT2D eigenvalue weighted by Gasteiger charge is 2.24. The first-order valence-corrected chi connectivity index (χ1v) is 13.2. The quantitative estimate of drug-likeness (QED) is 0.225. The predicted octanol–water partition coefficient (Wildman–Crippen LogP) is 6.94. The Hall–Kier alpha value is -4.10. The van der Waals surface area contributed by atoms with Crippen LogP contribution in [0.4, 0.5) is 5.00 Å². The van der Waals surface area contributed by atoms with Crippen LogP contribution in [-0.2, 0) is 14.9 Å². The van der Waals surface area contributed by atoms with E-state index >= 15 is 0 Å². The first-order chi connectivity index (χ1) is 18.3. The number of anilines is 1. The van der Waals surface area contributed by atoms with Gasteiger partial charge in [0.05, 0.1) is 13.7 Å². The average molecular weight is 530 g/mol. The lowest BCUT2D eigenvalue weighted by atomic mass is 9.78. The molecule has 0 radical (unpaired) electrons. The van der Waals surface area contributed by atoms with Gasteiger partial charge in [-0.3, -0.25) is 4.79 Å². The molecule has 7 heteroatoms. The zero-order valence-corrected chi connectivity index (χ0v) is 22.8. The van der Waals surface area contributed by atoms with Crippen molar-refractivity contribution in [3.8, 4) is 22.6 Å². The number of carbonyl (C=O) groups is 2. The Morgan fingerprint density at radius 1 is 0.868 bits per heavy atom. The van der Waals surface area contributed by atoms with Gasteiger partial charge in [-0.1, -0.05) is 68.4 Å². The molecule has 1 aromatic heterocycles. The fourth-order valence-corrected chi connectivity index (χ4v) is 5.11. The molecule has 1 amide bonds. The van der Waals surface area contributed by atoms with Crippen LogP contribution in [0.3, 0.4) is 0 Å². The summed E-state index contributed by atoms with van der Waals surface area (Å²) in [5.41, 5.74) is 4.02. The maximum atomic E-state index is 12.8. The number of methoxy groups -OCH3 is 1. The first-order valence-electron chi connectivity index (χ1n) is 12.3. The lowest BCUT2D eigenvalue weighted by molar-refractivity contribution is -0.118. The number of hydrogen-bond donors (Lipinski definition) is 1. The number of benzene rings is 3. The lowest BCUT2D eigenvalue weighted by Crippen LogP contribution is -2.21. The molecule has 0 fully saturated rings. The fraction of sp³-hybridized carbons (Fsp3) is 0.226. The minimum absolute atomic E-state index is 0.165. The summed E-state index contributed by atoms with van der Waals surface area (Å²) in [6, 6.07) is 25.4. The summed E-state index contributed by atoms with van der Waals surface area (Å²) in [7, 11) is 1.60. The number of ether oxygens (including phenoxy) is 3. The topological polar surface area (TPSA) is 73.9 Å². The highest BCUT2D eigenvalue weighted by atomic mass is 32.1. The van der Waals surface area contributed by atoms with E-state index in [1.54, 1.807) is 14.0 Å². The number of esters is 1. The minimum atomic E-state index is -0.493. The SMILES string of the molecule is CCOC(=O)c1c(-c2ccc(OC)cc2)csc1NC(=O)COc1ccc(C(C)(C)c2ccccc2)cc1. The molecule has 196 valence electrons. The predicted molar refractivity (Wildman–Crippen MR) is 151 cm³/mol. The normalized spacial score (nSPS) is 11.1. The second-order valence-corrected chi connectivity index (χ2v) is 10.0. The number of carbonyl (C=O) groups excluding carboxylic acids is 2. The smallest absolute Gasteiger partial charge is 0.341 e. The molecule has 0 saturated heterocycles. The van der Waals surface area contributed by atoms with Crippen molar-refractivity contribution in [2.75, 3.05) is 25.6 Å². The molecule has 1 N–H and O–H groups in total. The van der Waals surface area contributed by atoms with Gasteiger partial charge in [-0.25, -0.2) is 4.79 Å². The highest BCUT2D eigenvalue weighted by molar-refractivity contribution is 7.15. The monoisotopic (exact) mass is 529 g/mol. The molecular weight excluding hydrogens is 498 g/mol. The molecule has 6 nitrogen and oxygen atoms in total. The van der Waals surface area contributed by atoms with Gasteiger partial charge in [-0.2, -0.15) is 0 Å². The van der Waals surface area contributed by atoms with E-state index in [2.05, 4.69) is 31.3 Å². The van der Waals surface area contributed by atoms with E-state index < -0.39 is 5.97 Å². The van der Waals surface area contributed by atoms with Gasteiger partial charge in [-0.15, -0.1) is 11.3 Å². The minimum Gasteiger partial charge on any atom is -0.497 e. The molecule has 0 saturated carbocycles. The Labute approximate surface area is 227 Å². The molecule has 0 unspecified atom stereocenters. The molecule has 0 aliphatic carbocycles. The first kappa shape index (κ1) is 26.9. The van der Waals surface area contributed by atoms with Crippen molar-refractivity contribution < 1.29 is 23.8 Å². The van der Waals surface area contributed by atoms with Crippen LogP contribution >= 0.6 is 11.3 Å². The fourth-order valence-electron chi connectivity index (χ4n) is 4.14. The van der Waals surface area contributed by atoms with Crippen molar-refractivity contribution >= 4 is 28.2 Å². The summed E-state index contributed by atoms with van der Waals surface area (Å²) < 4.78 is 16.2. The largest absolute Gasteiger partial charge is 0.497 e. The molecular formula is C31H31NO5S. The van der Waals surface area contributed by atoms with Crippen LogP contribution in [0.1, 0.15) is 42.3 Å². The lowest BCUT2D eigenvalue weighted by Gasteiger charge is -2.26. The van der Waals surface area contributed by atoms with Gasteiger partial charge < -0.3 is 19.5 Å². The van der Waals surface area contributed by atoms with Crippen molar-refractivity contribution in [1.29, 1.82) is 0 Å².